The third kappa shape index (κ3) is 11.2. The molecule has 1 aliphatic heterocycles. The molecule has 1 heterocycles. The number of benzene rings is 1. The second-order valence-corrected chi connectivity index (χ2v) is 9.07. The Morgan fingerprint density at radius 3 is 2.14 bits per heavy atom. The Labute approximate surface area is 199 Å². The Morgan fingerprint density at radius 2 is 1.69 bits per heavy atom. The Kier molecular flexibility index (Phi) is 11.2. The predicted molar refractivity (Wildman–Crippen MR) is 119 cm³/mol. The van der Waals surface area contributed by atoms with Crippen LogP contribution in [0.25, 0.3) is 0 Å². The molecule has 0 atom stereocenters. The fourth-order valence-electron chi connectivity index (χ4n) is 2.92. The average Bonchev–Trinajstić information content (AvgIpc) is 2.73. The quantitative estimate of drug-likeness (QED) is 0.327. The lowest BCUT2D eigenvalue weighted by atomic mass is 10.1. The summed E-state index contributed by atoms with van der Waals surface area (Å²) in [5.41, 5.74) is 0.842. The molecule has 198 valence electrons. The Hall–Kier alpha value is -3.11. The summed E-state index contributed by atoms with van der Waals surface area (Å²) in [6, 6.07) is 4.36. The molecule has 4 N–H and O–H groups in total. The number of anilines is 2. The number of aromatic carboxylic acids is 1. The average molecular weight is 529 g/mol. The lowest BCUT2D eigenvalue weighted by Gasteiger charge is -2.36. The highest BCUT2D eigenvalue weighted by molar-refractivity contribution is 7.92. The molecule has 1 aliphatic rings. The predicted octanol–water partition coefficient (Wildman–Crippen LogP) is 0.274. The van der Waals surface area contributed by atoms with Crippen molar-refractivity contribution < 1.29 is 50.9 Å². The summed E-state index contributed by atoms with van der Waals surface area (Å²) in [7, 11) is -1.99. The van der Waals surface area contributed by atoms with Gasteiger partial charge in [-0.15, -0.1) is 0 Å². The van der Waals surface area contributed by atoms with Crippen molar-refractivity contribution in [2.75, 3.05) is 68.9 Å². The number of rotatable bonds is 9. The standard InChI is InChI=1S/C17H26N4O6S.C2HF3O2/c1-27-10-5-18-16(22)12-20-6-8-21(9-7-20)15-4-3-13(17(23)24)11-14(15)19-28(2,25)26;3-2(4,5)1(6)7/h3-4,11,19H,5-10,12H2,1-2H3,(H,18,22)(H,23,24);(H,6,7). The molecule has 35 heavy (non-hydrogen) atoms. The van der Waals surface area contributed by atoms with Crippen molar-refractivity contribution in [3.63, 3.8) is 0 Å². The van der Waals surface area contributed by atoms with Crippen LogP contribution in [0.5, 0.6) is 0 Å². The number of hydrogen-bond donors (Lipinski definition) is 4. The number of carboxylic acids is 2. The smallest absolute Gasteiger partial charge is 0.478 e. The molecule has 0 aliphatic carbocycles. The maximum Gasteiger partial charge on any atom is 0.490 e. The Morgan fingerprint density at radius 1 is 1.11 bits per heavy atom. The van der Waals surface area contributed by atoms with Gasteiger partial charge < -0.3 is 25.2 Å². The number of nitrogens with zero attached hydrogens (tertiary/aromatic N) is 2. The van der Waals surface area contributed by atoms with Crippen LogP contribution in [0.1, 0.15) is 10.4 Å². The molecule has 0 radical (unpaired) electrons. The summed E-state index contributed by atoms with van der Waals surface area (Å²) in [4.78, 5) is 36.0. The van der Waals surface area contributed by atoms with Gasteiger partial charge in [-0.25, -0.2) is 18.0 Å². The molecule has 0 spiro atoms. The summed E-state index contributed by atoms with van der Waals surface area (Å²) >= 11 is 0. The zero-order valence-electron chi connectivity index (χ0n) is 19.0. The number of aliphatic carboxylic acids is 1. The van der Waals surface area contributed by atoms with Crippen LogP contribution in [0.4, 0.5) is 24.5 Å². The van der Waals surface area contributed by atoms with Gasteiger partial charge in [-0.2, -0.15) is 13.2 Å². The van der Waals surface area contributed by atoms with Gasteiger partial charge in [0, 0.05) is 39.8 Å². The summed E-state index contributed by atoms with van der Waals surface area (Å²) < 4.78 is 62.3. The first-order valence-corrected chi connectivity index (χ1v) is 11.9. The van der Waals surface area contributed by atoms with Gasteiger partial charge in [-0.05, 0) is 18.2 Å². The van der Waals surface area contributed by atoms with Crippen LogP contribution >= 0.6 is 0 Å². The molecular weight excluding hydrogens is 501 g/mol. The zero-order valence-corrected chi connectivity index (χ0v) is 19.8. The second-order valence-electron chi connectivity index (χ2n) is 7.32. The molecule has 1 fully saturated rings. The number of amides is 1. The minimum Gasteiger partial charge on any atom is -0.478 e. The number of carbonyl (C=O) groups is 3. The van der Waals surface area contributed by atoms with Crippen molar-refractivity contribution in [1.29, 1.82) is 0 Å². The number of carbonyl (C=O) groups excluding carboxylic acids is 1. The first-order valence-electron chi connectivity index (χ1n) is 10.0. The van der Waals surface area contributed by atoms with Crippen molar-refractivity contribution in [3.05, 3.63) is 23.8 Å². The molecule has 0 aromatic heterocycles. The number of piperazine rings is 1. The summed E-state index contributed by atoms with van der Waals surface area (Å²) in [6.07, 6.45) is -4.07. The first-order chi connectivity index (χ1) is 16.1. The molecule has 12 nitrogen and oxygen atoms in total. The van der Waals surface area contributed by atoms with E-state index in [0.717, 1.165) is 6.26 Å². The van der Waals surface area contributed by atoms with Crippen LogP contribution in [-0.4, -0.2) is 107 Å². The zero-order chi connectivity index (χ0) is 26.8. The van der Waals surface area contributed by atoms with Crippen LogP contribution in [0, 0.1) is 0 Å². The van der Waals surface area contributed by atoms with E-state index in [9.17, 15) is 31.2 Å². The summed E-state index contributed by atoms with van der Waals surface area (Å²) in [5.74, 6) is -3.96. The van der Waals surface area contributed by atoms with Crippen molar-refractivity contribution in [2.45, 2.75) is 6.18 Å². The highest BCUT2D eigenvalue weighted by Crippen LogP contribution is 2.29. The highest BCUT2D eigenvalue weighted by Gasteiger charge is 2.38. The normalized spacial score (nSPS) is 14.5. The number of methoxy groups -OCH3 is 1. The van der Waals surface area contributed by atoms with E-state index in [1.54, 1.807) is 13.2 Å². The van der Waals surface area contributed by atoms with Crippen LogP contribution in [0.3, 0.4) is 0 Å². The van der Waals surface area contributed by atoms with Gasteiger partial charge in [-0.3, -0.25) is 14.4 Å². The number of ether oxygens (including phenoxy) is 1. The largest absolute Gasteiger partial charge is 0.490 e. The lowest BCUT2D eigenvalue weighted by Crippen LogP contribution is -2.49. The third-order valence-corrected chi connectivity index (χ3v) is 5.08. The van der Waals surface area contributed by atoms with Crippen molar-refractivity contribution in [2.24, 2.45) is 0 Å². The van der Waals surface area contributed by atoms with E-state index < -0.39 is 28.1 Å². The number of halogens is 3. The molecule has 1 aromatic carbocycles. The monoisotopic (exact) mass is 528 g/mol. The third-order valence-electron chi connectivity index (χ3n) is 4.49. The van der Waals surface area contributed by atoms with Crippen LogP contribution in [0.2, 0.25) is 0 Å². The molecule has 1 aromatic rings. The number of hydrogen-bond acceptors (Lipinski definition) is 8. The van der Waals surface area contributed by atoms with E-state index >= 15 is 0 Å². The van der Waals surface area contributed by atoms with E-state index in [4.69, 9.17) is 19.7 Å². The minimum atomic E-state index is -5.08. The molecule has 0 unspecified atom stereocenters. The van der Waals surface area contributed by atoms with E-state index in [1.165, 1.54) is 12.1 Å². The number of carboxylic acid groups (broad SMARTS) is 2. The highest BCUT2D eigenvalue weighted by atomic mass is 32.2. The second kappa shape index (κ2) is 13.1. The summed E-state index contributed by atoms with van der Waals surface area (Å²) in [6.45, 7) is 3.61. The maximum absolute atomic E-state index is 11.9. The molecule has 0 saturated carbocycles. The van der Waals surface area contributed by atoms with Gasteiger partial charge in [0.15, 0.2) is 0 Å². The van der Waals surface area contributed by atoms with Crippen molar-refractivity contribution >= 4 is 39.2 Å². The summed E-state index contributed by atoms with van der Waals surface area (Å²) in [5, 5.41) is 19.1. The fourth-order valence-corrected chi connectivity index (χ4v) is 3.49. The van der Waals surface area contributed by atoms with Gasteiger partial charge in [-0.1, -0.05) is 0 Å². The number of sulfonamides is 1. The van der Waals surface area contributed by atoms with E-state index in [0.29, 0.717) is 45.0 Å². The van der Waals surface area contributed by atoms with Crippen LogP contribution < -0.4 is 14.9 Å². The first kappa shape index (κ1) is 29.9. The topological polar surface area (TPSA) is 166 Å². The molecular formula is C19H27F3N4O8S. The Bertz CT molecular complexity index is 996. The molecule has 16 heteroatoms. The maximum atomic E-state index is 11.9. The van der Waals surface area contributed by atoms with Gasteiger partial charge in [0.25, 0.3) is 0 Å². The van der Waals surface area contributed by atoms with Crippen molar-refractivity contribution in [3.8, 4) is 0 Å². The molecule has 2 rings (SSSR count). The van der Waals surface area contributed by atoms with E-state index in [2.05, 4.69) is 10.0 Å². The van der Waals surface area contributed by atoms with Crippen molar-refractivity contribution in [1.82, 2.24) is 10.2 Å². The fraction of sp³-hybridized carbons (Fsp3) is 0.526. The SMILES string of the molecule is COCCNC(=O)CN1CCN(c2ccc(C(=O)O)cc2NS(C)(=O)=O)CC1.O=C(O)C(F)(F)F. The number of nitrogens with one attached hydrogen (secondary N) is 2. The van der Waals surface area contributed by atoms with Crippen LogP contribution in [0.15, 0.2) is 18.2 Å². The van der Waals surface area contributed by atoms with Gasteiger partial charge >= 0.3 is 18.1 Å². The molecule has 0 bridgehead atoms. The Balaban J connectivity index is 0.000000762. The van der Waals surface area contributed by atoms with Gasteiger partial charge in [0.05, 0.1) is 36.3 Å². The van der Waals surface area contributed by atoms with E-state index in [1.807, 2.05) is 9.80 Å². The van der Waals surface area contributed by atoms with E-state index in [-0.39, 0.29) is 23.7 Å². The van der Waals surface area contributed by atoms with Gasteiger partial charge in [0.2, 0.25) is 15.9 Å². The number of alkyl halides is 3. The molecule has 1 saturated heterocycles. The van der Waals surface area contributed by atoms with Gasteiger partial charge in [0.1, 0.15) is 0 Å². The van der Waals surface area contributed by atoms with Crippen LogP contribution in [-0.2, 0) is 24.3 Å². The minimum absolute atomic E-state index is 0.00117. The molecule has 1 amide bonds. The lowest BCUT2D eigenvalue weighted by molar-refractivity contribution is -0.192.